The highest BCUT2D eigenvalue weighted by atomic mass is 19.1. The van der Waals surface area contributed by atoms with E-state index in [1.165, 1.54) is 17.0 Å². The minimum Gasteiger partial charge on any atom is -0.489 e. The first-order valence-electron chi connectivity index (χ1n) is 5.88. The second kappa shape index (κ2) is 6.00. The Hall–Kier alpha value is -2.64. The average molecular weight is 279 g/mol. The van der Waals surface area contributed by atoms with Gasteiger partial charge in [-0.15, -0.1) is 5.10 Å². The minimum atomic E-state index is -0.440. The molecular weight excluding hydrogens is 265 g/mol. The van der Waals surface area contributed by atoms with Gasteiger partial charge in [-0.1, -0.05) is 12.1 Å². The minimum absolute atomic E-state index is 0.00403. The molecule has 0 aliphatic rings. The fraction of sp³-hybridized carbons (Fsp3) is 0.250. The van der Waals surface area contributed by atoms with Gasteiger partial charge in [0.2, 0.25) is 11.8 Å². The number of benzene rings is 1. The molecule has 7 nitrogen and oxygen atoms in total. The lowest BCUT2D eigenvalue weighted by Crippen LogP contribution is -2.31. The smallest absolute Gasteiger partial charge is 0.291 e. The van der Waals surface area contributed by atoms with Gasteiger partial charge in [0.05, 0.1) is 6.54 Å². The molecule has 0 saturated heterocycles. The number of ether oxygens (including phenoxy) is 1. The van der Waals surface area contributed by atoms with Crippen LogP contribution in [0.2, 0.25) is 0 Å². The molecule has 2 aromatic rings. The number of H-pyrrole nitrogens is 1. The van der Waals surface area contributed by atoms with Crippen LogP contribution in [0, 0.1) is 5.82 Å². The SMILES string of the molecule is CN(CCOc1ccccc1F)C(=O)c1nc(N)n[nH]1. The highest BCUT2D eigenvalue weighted by Crippen LogP contribution is 2.15. The van der Waals surface area contributed by atoms with Crippen LogP contribution in [0.3, 0.4) is 0 Å². The summed E-state index contributed by atoms with van der Waals surface area (Å²) in [5, 5.41) is 6.00. The molecule has 0 unspecified atom stereocenters. The van der Waals surface area contributed by atoms with E-state index in [0.29, 0.717) is 0 Å². The van der Waals surface area contributed by atoms with Gasteiger partial charge in [0.25, 0.3) is 5.91 Å². The van der Waals surface area contributed by atoms with Crippen molar-refractivity contribution in [2.45, 2.75) is 0 Å². The maximum Gasteiger partial charge on any atom is 0.291 e. The van der Waals surface area contributed by atoms with Crippen molar-refractivity contribution in [2.75, 3.05) is 25.9 Å². The Kier molecular flexibility index (Phi) is 4.14. The molecule has 0 aliphatic carbocycles. The van der Waals surface area contributed by atoms with Gasteiger partial charge in [0, 0.05) is 7.05 Å². The number of anilines is 1. The Balaban J connectivity index is 1.85. The quantitative estimate of drug-likeness (QED) is 0.838. The molecular formula is C12H14FN5O2. The highest BCUT2D eigenvalue weighted by Gasteiger charge is 2.15. The van der Waals surface area contributed by atoms with Crippen LogP contribution in [-0.4, -0.2) is 46.2 Å². The molecule has 1 aromatic carbocycles. The summed E-state index contributed by atoms with van der Waals surface area (Å²) in [6.45, 7) is 0.431. The number of aromatic nitrogens is 3. The van der Waals surface area contributed by atoms with E-state index < -0.39 is 5.82 Å². The third-order valence-corrected chi connectivity index (χ3v) is 2.57. The van der Waals surface area contributed by atoms with Crippen LogP contribution in [0.4, 0.5) is 10.3 Å². The normalized spacial score (nSPS) is 10.3. The van der Waals surface area contributed by atoms with Crippen LogP contribution in [0.5, 0.6) is 5.75 Å². The average Bonchev–Trinajstić information content (AvgIpc) is 2.86. The number of nitrogens with one attached hydrogen (secondary N) is 1. The number of likely N-dealkylation sites (N-methyl/N-ethyl adjacent to an activating group) is 1. The van der Waals surface area contributed by atoms with Crippen LogP contribution in [0.1, 0.15) is 10.6 Å². The number of amides is 1. The van der Waals surface area contributed by atoms with Gasteiger partial charge in [0.15, 0.2) is 11.6 Å². The maximum atomic E-state index is 13.3. The van der Waals surface area contributed by atoms with E-state index in [4.69, 9.17) is 10.5 Å². The summed E-state index contributed by atoms with van der Waals surface area (Å²) in [4.78, 5) is 17.0. The van der Waals surface area contributed by atoms with Gasteiger partial charge in [-0.25, -0.2) is 4.39 Å². The number of carbonyl (C=O) groups is 1. The van der Waals surface area contributed by atoms with Crippen molar-refractivity contribution in [1.29, 1.82) is 0 Å². The zero-order chi connectivity index (χ0) is 14.5. The summed E-state index contributed by atoms with van der Waals surface area (Å²) < 4.78 is 18.6. The second-order valence-electron chi connectivity index (χ2n) is 4.05. The first-order valence-corrected chi connectivity index (χ1v) is 5.88. The van der Waals surface area contributed by atoms with Crippen molar-refractivity contribution in [3.8, 4) is 5.75 Å². The zero-order valence-electron chi connectivity index (χ0n) is 10.8. The third kappa shape index (κ3) is 3.22. The van der Waals surface area contributed by atoms with Gasteiger partial charge < -0.3 is 15.4 Å². The van der Waals surface area contributed by atoms with Crippen molar-refractivity contribution in [2.24, 2.45) is 0 Å². The van der Waals surface area contributed by atoms with Crippen molar-refractivity contribution < 1.29 is 13.9 Å². The summed E-state index contributed by atoms with van der Waals surface area (Å²) in [6, 6.07) is 6.08. The molecule has 1 heterocycles. The van der Waals surface area contributed by atoms with E-state index in [-0.39, 0.29) is 36.6 Å². The Labute approximate surface area is 114 Å². The molecule has 0 radical (unpaired) electrons. The highest BCUT2D eigenvalue weighted by molar-refractivity contribution is 5.90. The topological polar surface area (TPSA) is 97.1 Å². The number of halogens is 1. The van der Waals surface area contributed by atoms with Gasteiger partial charge in [-0.3, -0.25) is 9.89 Å². The van der Waals surface area contributed by atoms with Crippen molar-refractivity contribution >= 4 is 11.9 Å². The molecule has 0 fully saturated rings. The molecule has 2 rings (SSSR count). The zero-order valence-corrected chi connectivity index (χ0v) is 10.8. The molecule has 0 atom stereocenters. The Morgan fingerprint density at radius 2 is 2.25 bits per heavy atom. The number of nitrogen functional groups attached to an aromatic ring is 1. The van der Waals surface area contributed by atoms with Gasteiger partial charge >= 0.3 is 0 Å². The van der Waals surface area contributed by atoms with Crippen LogP contribution in [0.25, 0.3) is 0 Å². The molecule has 0 saturated carbocycles. The van der Waals surface area contributed by atoms with Crippen molar-refractivity contribution in [3.05, 3.63) is 35.9 Å². The molecule has 1 aromatic heterocycles. The van der Waals surface area contributed by atoms with E-state index in [9.17, 15) is 9.18 Å². The molecule has 20 heavy (non-hydrogen) atoms. The number of carbonyl (C=O) groups excluding carboxylic acids is 1. The molecule has 8 heteroatoms. The Morgan fingerprint density at radius 1 is 1.50 bits per heavy atom. The largest absolute Gasteiger partial charge is 0.489 e. The predicted octanol–water partition coefficient (Wildman–Crippen LogP) is 0.677. The Bertz CT molecular complexity index is 601. The number of para-hydroxylation sites is 1. The first-order chi connectivity index (χ1) is 9.58. The number of hydrogen-bond acceptors (Lipinski definition) is 5. The summed E-state index contributed by atoms with van der Waals surface area (Å²) in [6.07, 6.45) is 0. The van der Waals surface area contributed by atoms with Crippen LogP contribution < -0.4 is 10.5 Å². The third-order valence-electron chi connectivity index (χ3n) is 2.57. The number of nitrogens with zero attached hydrogens (tertiary/aromatic N) is 3. The van der Waals surface area contributed by atoms with Gasteiger partial charge in [-0.2, -0.15) is 4.98 Å². The second-order valence-corrected chi connectivity index (χ2v) is 4.05. The van der Waals surface area contributed by atoms with Crippen LogP contribution in [0.15, 0.2) is 24.3 Å². The number of nitrogens with two attached hydrogens (primary N) is 1. The number of rotatable bonds is 5. The molecule has 0 bridgehead atoms. The van der Waals surface area contributed by atoms with E-state index >= 15 is 0 Å². The predicted molar refractivity (Wildman–Crippen MR) is 69.7 cm³/mol. The van der Waals surface area contributed by atoms with Gasteiger partial charge in [0.1, 0.15) is 6.61 Å². The maximum absolute atomic E-state index is 13.3. The molecule has 106 valence electrons. The summed E-state index contributed by atoms with van der Waals surface area (Å²) in [5.41, 5.74) is 5.32. The fourth-order valence-corrected chi connectivity index (χ4v) is 1.51. The number of hydrogen-bond donors (Lipinski definition) is 2. The molecule has 3 N–H and O–H groups in total. The number of aromatic amines is 1. The van der Waals surface area contributed by atoms with Crippen molar-refractivity contribution in [3.63, 3.8) is 0 Å². The fourth-order valence-electron chi connectivity index (χ4n) is 1.51. The first kappa shape index (κ1) is 13.8. The van der Waals surface area contributed by atoms with E-state index in [1.54, 1.807) is 19.2 Å². The monoisotopic (exact) mass is 279 g/mol. The van der Waals surface area contributed by atoms with E-state index in [1.807, 2.05) is 0 Å². The summed E-state index contributed by atoms with van der Waals surface area (Å²) in [5.74, 6) is -0.603. The van der Waals surface area contributed by atoms with Crippen molar-refractivity contribution in [1.82, 2.24) is 20.1 Å². The van der Waals surface area contributed by atoms with E-state index in [2.05, 4.69) is 15.2 Å². The standard InChI is InChI=1S/C12H14FN5O2/c1-18(11(19)10-15-12(14)17-16-10)6-7-20-9-5-3-2-4-8(9)13/h2-5H,6-7H2,1H3,(H3,14,15,16,17). The molecule has 0 aliphatic heterocycles. The van der Waals surface area contributed by atoms with Crippen LogP contribution >= 0.6 is 0 Å². The van der Waals surface area contributed by atoms with E-state index in [0.717, 1.165) is 0 Å². The lowest BCUT2D eigenvalue weighted by molar-refractivity contribution is 0.0761. The lowest BCUT2D eigenvalue weighted by Gasteiger charge is -2.16. The summed E-state index contributed by atoms with van der Waals surface area (Å²) >= 11 is 0. The lowest BCUT2D eigenvalue weighted by atomic mass is 10.3. The molecule has 0 spiro atoms. The molecule has 1 amide bonds. The van der Waals surface area contributed by atoms with Crippen LogP contribution in [-0.2, 0) is 0 Å². The Morgan fingerprint density at radius 3 is 2.90 bits per heavy atom. The van der Waals surface area contributed by atoms with Gasteiger partial charge in [-0.05, 0) is 12.1 Å². The summed E-state index contributed by atoms with van der Waals surface area (Å²) in [7, 11) is 1.58.